The molecular weight excluding hydrogens is 451 g/mol. The molecule has 0 atom stereocenters. The van der Waals surface area contributed by atoms with Gasteiger partial charge >= 0.3 is 5.97 Å². The summed E-state index contributed by atoms with van der Waals surface area (Å²) in [5.74, 6) is -0.914. The summed E-state index contributed by atoms with van der Waals surface area (Å²) in [6, 6.07) is 15.4. The lowest BCUT2D eigenvalue weighted by Gasteiger charge is -2.11. The molecule has 0 saturated carbocycles. The first kappa shape index (κ1) is 19.4. The molecule has 0 bridgehead atoms. The van der Waals surface area contributed by atoms with Crippen LogP contribution in [-0.4, -0.2) is 21.9 Å². The van der Waals surface area contributed by atoms with Crippen molar-refractivity contribution in [1.82, 2.24) is 4.57 Å². The summed E-state index contributed by atoms with van der Waals surface area (Å²) in [4.78, 5) is 15.4. The number of carboxylic acids is 1. The normalized spacial score (nSPS) is 11.3. The topological polar surface area (TPSA) is 54.6 Å². The van der Waals surface area contributed by atoms with E-state index < -0.39 is 5.97 Å². The molecule has 4 nitrogen and oxygen atoms in total. The molecule has 3 aromatic rings. The van der Waals surface area contributed by atoms with E-state index in [0.29, 0.717) is 12.1 Å². The average Bonchev–Trinajstić information content (AvgIpc) is 2.92. The molecule has 2 aromatic carbocycles. The molecule has 0 radical (unpaired) electrons. The van der Waals surface area contributed by atoms with Gasteiger partial charge in [-0.15, -0.1) is 0 Å². The minimum atomic E-state index is -0.914. The second-order valence-corrected chi connectivity index (χ2v) is 7.73. The lowest BCUT2D eigenvalue weighted by molar-refractivity contribution is 0.0697. The Balaban J connectivity index is 1.80. The molecule has 1 heterocycles. The molecule has 0 saturated heterocycles. The van der Waals surface area contributed by atoms with E-state index in [1.807, 2.05) is 6.21 Å². The van der Waals surface area contributed by atoms with Gasteiger partial charge in [0.2, 0.25) is 0 Å². The fourth-order valence-corrected chi connectivity index (χ4v) is 3.42. The van der Waals surface area contributed by atoms with E-state index in [2.05, 4.69) is 77.2 Å². The average molecular weight is 472 g/mol. The second kappa shape index (κ2) is 8.08. The molecule has 138 valence electrons. The zero-order valence-corrected chi connectivity index (χ0v) is 17.7. The van der Waals surface area contributed by atoms with Crippen LogP contribution >= 0.6 is 22.6 Å². The zero-order chi connectivity index (χ0) is 19.6. The lowest BCUT2D eigenvalue weighted by atomic mass is 10.1. The summed E-state index contributed by atoms with van der Waals surface area (Å²) in [5.41, 5.74) is 7.11. The molecule has 1 N–H and O–H groups in total. The third-order valence-electron chi connectivity index (χ3n) is 4.58. The predicted molar refractivity (Wildman–Crippen MR) is 117 cm³/mol. The summed E-state index contributed by atoms with van der Waals surface area (Å²) < 4.78 is 3.50. The van der Waals surface area contributed by atoms with Gasteiger partial charge in [-0.2, -0.15) is 0 Å². The van der Waals surface area contributed by atoms with Crippen molar-refractivity contribution in [3.8, 4) is 5.69 Å². The number of nitrogens with zero attached hydrogens (tertiary/aromatic N) is 2. The van der Waals surface area contributed by atoms with Gasteiger partial charge in [-0.3, -0.25) is 4.99 Å². The van der Waals surface area contributed by atoms with E-state index >= 15 is 0 Å². The van der Waals surface area contributed by atoms with Crippen LogP contribution in [0.25, 0.3) is 5.69 Å². The van der Waals surface area contributed by atoms with E-state index in [-0.39, 0.29) is 0 Å². The van der Waals surface area contributed by atoms with Crippen molar-refractivity contribution in [2.75, 3.05) is 0 Å². The molecule has 0 amide bonds. The molecule has 0 aliphatic rings. The molecule has 0 fully saturated rings. The number of halogens is 1. The molecule has 0 unspecified atom stereocenters. The Morgan fingerprint density at radius 3 is 2.44 bits per heavy atom. The fraction of sp³-hybridized carbons (Fsp3) is 0.182. The van der Waals surface area contributed by atoms with Crippen LogP contribution in [0.3, 0.4) is 0 Å². The van der Waals surface area contributed by atoms with Gasteiger partial charge in [0, 0.05) is 32.4 Å². The quantitative estimate of drug-likeness (QED) is 0.404. The molecule has 5 heteroatoms. The number of hydrogen-bond donors (Lipinski definition) is 1. The van der Waals surface area contributed by atoms with Gasteiger partial charge in [0.25, 0.3) is 0 Å². The fourth-order valence-electron chi connectivity index (χ4n) is 3.09. The van der Waals surface area contributed by atoms with E-state index in [1.54, 1.807) is 24.3 Å². The molecular formula is C22H21IN2O2. The van der Waals surface area contributed by atoms with Gasteiger partial charge in [-0.1, -0.05) is 12.1 Å². The number of hydrogen-bond acceptors (Lipinski definition) is 2. The maximum Gasteiger partial charge on any atom is 0.335 e. The van der Waals surface area contributed by atoms with Crippen molar-refractivity contribution in [1.29, 1.82) is 0 Å². The van der Waals surface area contributed by atoms with Crippen LogP contribution < -0.4 is 0 Å². The van der Waals surface area contributed by atoms with Crippen molar-refractivity contribution >= 4 is 34.8 Å². The zero-order valence-electron chi connectivity index (χ0n) is 15.5. The highest BCUT2D eigenvalue weighted by atomic mass is 127. The van der Waals surface area contributed by atoms with Crippen LogP contribution in [0.15, 0.2) is 53.5 Å². The minimum absolute atomic E-state index is 0.291. The molecule has 0 aliphatic carbocycles. The van der Waals surface area contributed by atoms with Crippen LogP contribution in [-0.2, 0) is 6.54 Å². The van der Waals surface area contributed by atoms with Crippen LogP contribution in [0.4, 0.5) is 0 Å². The first-order valence-corrected chi connectivity index (χ1v) is 9.72. The van der Waals surface area contributed by atoms with Crippen molar-refractivity contribution in [2.45, 2.75) is 27.3 Å². The maximum atomic E-state index is 10.9. The summed E-state index contributed by atoms with van der Waals surface area (Å²) in [6.45, 7) is 6.84. The van der Waals surface area contributed by atoms with E-state index in [9.17, 15) is 4.79 Å². The number of aromatic nitrogens is 1. The van der Waals surface area contributed by atoms with E-state index in [4.69, 9.17) is 5.11 Å². The largest absolute Gasteiger partial charge is 0.478 e. The van der Waals surface area contributed by atoms with Crippen LogP contribution in [0, 0.1) is 24.3 Å². The van der Waals surface area contributed by atoms with E-state index in [0.717, 1.165) is 22.5 Å². The highest BCUT2D eigenvalue weighted by Crippen LogP contribution is 2.22. The maximum absolute atomic E-state index is 10.9. The summed E-state index contributed by atoms with van der Waals surface area (Å²) >= 11 is 2.35. The van der Waals surface area contributed by atoms with Crippen LogP contribution in [0.2, 0.25) is 0 Å². The van der Waals surface area contributed by atoms with Crippen LogP contribution in [0.1, 0.15) is 38.4 Å². The number of aromatic carboxylic acids is 1. The lowest BCUT2D eigenvalue weighted by Crippen LogP contribution is -2.00. The Morgan fingerprint density at radius 2 is 1.81 bits per heavy atom. The minimum Gasteiger partial charge on any atom is -0.478 e. The highest BCUT2D eigenvalue weighted by molar-refractivity contribution is 14.1. The second-order valence-electron chi connectivity index (χ2n) is 6.57. The first-order valence-electron chi connectivity index (χ1n) is 8.64. The van der Waals surface area contributed by atoms with Gasteiger partial charge in [0.05, 0.1) is 12.1 Å². The summed E-state index contributed by atoms with van der Waals surface area (Å²) in [7, 11) is 0. The van der Waals surface area contributed by atoms with Crippen molar-refractivity contribution < 1.29 is 9.90 Å². The number of aryl methyl sites for hydroxylation is 2. The standard InChI is InChI=1S/C22H21IN2O2/c1-14-10-20(8-9-21(14)23)25-15(2)11-19(16(25)3)13-24-12-17-4-6-18(7-5-17)22(26)27/h4-11,13H,12H2,1-3H3,(H,26,27). The van der Waals surface area contributed by atoms with Crippen molar-refractivity contribution in [3.05, 3.63) is 85.7 Å². The number of carbonyl (C=O) groups is 1. The van der Waals surface area contributed by atoms with Gasteiger partial charge in [-0.25, -0.2) is 4.79 Å². The van der Waals surface area contributed by atoms with Gasteiger partial charge in [0.15, 0.2) is 0 Å². The molecule has 27 heavy (non-hydrogen) atoms. The molecule has 0 spiro atoms. The third-order valence-corrected chi connectivity index (χ3v) is 5.79. The Kier molecular flexibility index (Phi) is 5.79. The summed E-state index contributed by atoms with van der Waals surface area (Å²) in [6.07, 6.45) is 1.89. The Labute approximate surface area is 172 Å². The van der Waals surface area contributed by atoms with Crippen molar-refractivity contribution in [2.24, 2.45) is 4.99 Å². The van der Waals surface area contributed by atoms with Gasteiger partial charge < -0.3 is 9.67 Å². The SMILES string of the molecule is Cc1cc(-n2c(C)cc(C=NCc3ccc(C(=O)O)cc3)c2C)ccc1I. The van der Waals surface area contributed by atoms with Crippen molar-refractivity contribution in [3.63, 3.8) is 0 Å². The number of benzene rings is 2. The molecule has 0 aliphatic heterocycles. The smallest absolute Gasteiger partial charge is 0.335 e. The number of aliphatic imine (C=N–C) groups is 1. The van der Waals surface area contributed by atoms with E-state index in [1.165, 1.54) is 14.8 Å². The highest BCUT2D eigenvalue weighted by Gasteiger charge is 2.10. The predicted octanol–water partition coefficient (Wildman–Crippen LogP) is 5.32. The van der Waals surface area contributed by atoms with Gasteiger partial charge in [0.1, 0.15) is 0 Å². The Bertz CT molecular complexity index is 1020. The molecule has 3 rings (SSSR count). The Morgan fingerprint density at radius 1 is 1.11 bits per heavy atom. The monoisotopic (exact) mass is 472 g/mol. The summed E-state index contributed by atoms with van der Waals surface area (Å²) in [5, 5.41) is 8.95. The number of rotatable bonds is 5. The van der Waals surface area contributed by atoms with Gasteiger partial charge in [-0.05, 0) is 90.9 Å². The first-order chi connectivity index (χ1) is 12.9. The third kappa shape index (κ3) is 4.30. The molecule has 1 aromatic heterocycles. The van der Waals surface area contributed by atoms with Crippen LogP contribution in [0.5, 0.6) is 0 Å². The Hall–Kier alpha value is -2.41. The number of carboxylic acid groups (broad SMARTS) is 1.